The molecule has 4 atom stereocenters. The van der Waals surface area contributed by atoms with Gasteiger partial charge < -0.3 is 15.5 Å². The van der Waals surface area contributed by atoms with Gasteiger partial charge in [0.05, 0.1) is 11.6 Å². The van der Waals surface area contributed by atoms with Crippen molar-refractivity contribution in [1.29, 1.82) is 0 Å². The summed E-state index contributed by atoms with van der Waals surface area (Å²) in [5.41, 5.74) is 1.41. The van der Waals surface area contributed by atoms with Gasteiger partial charge in [0, 0.05) is 5.92 Å². The van der Waals surface area contributed by atoms with Crippen molar-refractivity contribution in [2.45, 2.75) is 78.7 Å². The highest BCUT2D eigenvalue weighted by Gasteiger charge is 2.34. The monoisotopic (exact) mass is 361 g/mol. The molecular formula is C22H35NO3. The summed E-state index contributed by atoms with van der Waals surface area (Å²) in [6.07, 6.45) is 7.68. The molecule has 0 aromatic heterocycles. The molecule has 1 aliphatic heterocycles. The molecule has 4 heteroatoms. The van der Waals surface area contributed by atoms with Crippen LogP contribution in [0.4, 0.5) is 0 Å². The summed E-state index contributed by atoms with van der Waals surface area (Å²) in [6.45, 7) is 8.44. The van der Waals surface area contributed by atoms with E-state index in [0.717, 1.165) is 24.8 Å². The second-order valence-corrected chi connectivity index (χ2v) is 8.29. The van der Waals surface area contributed by atoms with Gasteiger partial charge in [-0.15, -0.1) is 0 Å². The van der Waals surface area contributed by atoms with Gasteiger partial charge in [0.1, 0.15) is 11.5 Å². The SMILES string of the molecule is CCCCCC(C)CCc1cc(O)c(C2NC(=O)C(C)CC2C)c(O)c1. The lowest BCUT2D eigenvalue weighted by Gasteiger charge is -2.34. The largest absolute Gasteiger partial charge is 0.507 e. The van der Waals surface area contributed by atoms with Gasteiger partial charge in [-0.25, -0.2) is 0 Å². The molecule has 0 radical (unpaired) electrons. The summed E-state index contributed by atoms with van der Waals surface area (Å²) in [4.78, 5) is 12.0. The van der Waals surface area contributed by atoms with Crippen LogP contribution < -0.4 is 5.32 Å². The van der Waals surface area contributed by atoms with Crippen molar-refractivity contribution in [3.8, 4) is 11.5 Å². The normalized spacial score (nSPS) is 24.3. The van der Waals surface area contributed by atoms with Gasteiger partial charge in [0.2, 0.25) is 5.91 Å². The lowest BCUT2D eigenvalue weighted by Crippen LogP contribution is -2.42. The molecule has 1 aromatic carbocycles. The fourth-order valence-electron chi connectivity index (χ4n) is 4.04. The van der Waals surface area contributed by atoms with Gasteiger partial charge in [-0.05, 0) is 48.8 Å². The predicted octanol–water partition coefficient (Wildman–Crippen LogP) is 5.08. The lowest BCUT2D eigenvalue weighted by molar-refractivity contribution is -0.128. The smallest absolute Gasteiger partial charge is 0.223 e. The van der Waals surface area contributed by atoms with Gasteiger partial charge in [-0.3, -0.25) is 4.79 Å². The average Bonchev–Trinajstić information content (AvgIpc) is 2.57. The molecule has 1 aromatic rings. The second-order valence-electron chi connectivity index (χ2n) is 8.29. The van der Waals surface area contributed by atoms with E-state index in [1.165, 1.54) is 25.7 Å². The summed E-state index contributed by atoms with van der Waals surface area (Å²) in [7, 11) is 0. The Balaban J connectivity index is 2.05. The number of nitrogens with one attached hydrogen (secondary N) is 1. The van der Waals surface area contributed by atoms with E-state index in [-0.39, 0.29) is 35.3 Å². The molecule has 26 heavy (non-hydrogen) atoms. The van der Waals surface area contributed by atoms with Gasteiger partial charge in [-0.2, -0.15) is 0 Å². The summed E-state index contributed by atoms with van der Waals surface area (Å²) >= 11 is 0. The lowest BCUT2D eigenvalue weighted by atomic mass is 9.82. The van der Waals surface area contributed by atoms with Crippen LogP contribution in [0.25, 0.3) is 0 Å². The maximum Gasteiger partial charge on any atom is 0.223 e. The topological polar surface area (TPSA) is 69.6 Å². The molecule has 0 aliphatic carbocycles. The fourth-order valence-corrected chi connectivity index (χ4v) is 4.04. The Morgan fingerprint density at radius 2 is 1.81 bits per heavy atom. The minimum absolute atomic E-state index is 0.0168. The maximum atomic E-state index is 12.0. The Hall–Kier alpha value is -1.71. The number of rotatable bonds is 8. The quantitative estimate of drug-likeness (QED) is 0.566. The maximum absolute atomic E-state index is 12.0. The molecule has 4 unspecified atom stereocenters. The van der Waals surface area contributed by atoms with E-state index in [2.05, 4.69) is 19.2 Å². The fraction of sp³-hybridized carbons (Fsp3) is 0.682. The van der Waals surface area contributed by atoms with Crippen molar-refractivity contribution >= 4 is 5.91 Å². The highest BCUT2D eigenvalue weighted by molar-refractivity contribution is 5.80. The first-order valence-electron chi connectivity index (χ1n) is 10.2. The van der Waals surface area contributed by atoms with Gasteiger partial charge in [0.15, 0.2) is 0 Å². The number of aromatic hydroxyl groups is 2. The zero-order valence-electron chi connectivity index (χ0n) is 16.7. The Morgan fingerprint density at radius 1 is 1.15 bits per heavy atom. The molecule has 146 valence electrons. The summed E-state index contributed by atoms with van der Waals surface area (Å²) in [5, 5.41) is 24.0. The minimum Gasteiger partial charge on any atom is -0.507 e. The van der Waals surface area contributed by atoms with E-state index in [1.54, 1.807) is 12.1 Å². The first-order valence-corrected chi connectivity index (χ1v) is 10.2. The highest BCUT2D eigenvalue weighted by atomic mass is 16.3. The Kier molecular flexibility index (Phi) is 7.36. The molecule has 0 bridgehead atoms. The molecule has 0 saturated carbocycles. The molecule has 1 saturated heterocycles. The summed E-state index contributed by atoms with van der Waals surface area (Å²) < 4.78 is 0. The van der Waals surface area contributed by atoms with Crippen LogP contribution in [0, 0.1) is 17.8 Å². The van der Waals surface area contributed by atoms with Crippen molar-refractivity contribution in [2.75, 3.05) is 0 Å². The minimum atomic E-state index is -0.333. The van der Waals surface area contributed by atoms with Crippen molar-refractivity contribution in [1.82, 2.24) is 5.32 Å². The number of hydrogen-bond acceptors (Lipinski definition) is 3. The number of carbonyl (C=O) groups is 1. The molecule has 3 N–H and O–H groups in total. The zero-order valence-corrected chi connectivity index (χ0v) is 16.7. The van der Waals surface area contributed by atoms with E-state index >= 15 is 0 Å². The number of benzene rings is 1. The van der Waals surface area contributed by atoms with Crippen LogP contribution in [0.15, 0.2) is 12.1 Å². The molecular weight excluding hydrogens is 326 g/mol. The Labute approximate surface area is 158 Å². The van der Waals surface area contributed by atoms with Crippen LogP contribution in [0.3, 0.4) is 0 Å². The number of hydrogen-bond donors (Lipinski definition) is 3. The number of phenolic OH excluding ortho intramolecular Hbond substituents is 2. The third-order valence-corrected chi connectivity index (χ3v) is 5.77. The van der Waals surface area contributed by atoms with Crippen LogP contribution >= 0.6 is 0 Å². The zero-order chi connectivity index (χ0) is 19.3. The van der Waals surface area contributed by atoms with Crippen LogP contribution in [0.5, 0.6) is 11.5 Å². The molecule has 0 spiro atoms. The van der Waals surface area contributed by atoms with Crippen molar-refractivity contribution < 1.29 is 15.0 Å². The van der Waals surface area contributed by atoms with E-state index in [1.807, 2.05) is 13.8 Å². The molecule has 1 aliphatic rings. The first-order chi connectivity index (χ1) is 12.3. The van der Waals surface area contributed by atoms with Gasteiger partial charge >= 0.3 is 0 Å². The highest BCUT2D eigenvalue weighted by Crippen LogP contribution is 2.41. The van der Waals surface area contributed by atoms with E-state index < -0.39 is 0 Å². The Morgan fingerprint density at radius 3 is 2.42 bits per heavy atom. The molecule has 2 rings (SSSR count). The van der Waals surface area contributed by atoms with Crippen molar-refractivity contribution in [3.63, 3.8) is 0 Å². The molecule has 1 amide bonds. The number of phenols is 2. The van der Waals surface area contributed by atoms with Crippen LogP contribution in [-0.4, -0.2) is 16.1 Å². The number of carbonyl (C=O) groups excluding carboxylic acids is 1. The first kappa shape index (κ1) is 20.6. The van der Waals surface area contributed by atoms with E-state index in [9.17, 15) is 15.0 Å². The predicted molar refractivity (Wildman–Crippen MR) is 105 cm³/mol. The van der Waals surface area contributed by atoms with Gasteiger partial charge in [0.25, 0.3) is 0 Å². The van der Waals surface area contributed by atoms with Crippen molar-refractivity contribution in [3.05, 3.63) is 23.3 Å². The van der Waals surface area contributed by atoms with Crippen LogP contribution in [0.2, 0.25) is 0 Å². The standard InChI is InChI=1S/C22H35NO3/c1-5-6-7-8-14(2)9-10-17-12-18(24)20(19(25)13-17)21-15(3)11-16(4)22(26)23-21/h12-16,21,24-25H,5-11H2,1-4H3,(H,23,26). The van der Waals surface area contributed by atoms with Crippen molar-refractivity contribution in [2.24, 2.45) is 17.8 Å². The number of piperidine rings is 1. The van der Waals surface area contributed by atoms with E-state index in [0.29, 0.717) is 11.5 Å². The summed E-state index contributed by atoms with van der Waals surface area (Å²) in [6, 6.07) is 3.18. The molecule has 4 nitrogen and oxygen atoms in total. The Bertz CT molecular complexity index is 590. The van der Waals surface area contributed by atoms with Crippen LogP contribution in [0.1, 0.15) is 83.4 Å². The summed E-state index contributed by atoms with van der Waals surface area (Å²) in [5.74, 6) is 0.945. The average molecular weight is 362 g/mol. The second kappa shape index (κ2) is 9.29. The molecule has 1 fully saturated rings. The number of aryl methyl sites for hydroxylation is 1. The number of unbranched alkanes of at least 4 members (excludes halogenated alkanes) is 2. The van der Waals surface area contributed by atoms with Crippen LogP contribution in [-0.2, 0) is 11.2 Å². The third kappa shape index (κ3) is 5.15. The molecule has 1 heterocycles. The number of amides is 1. The van der Waals surface area contributed by atoms with E-state index in [4.69, 9.17) is 0 Å². The third-order valence-electron chi connectivity index (χ3n) is 5.77. The van der Waals surface area contributed by atoms with Gasteiger partial charge in [-0.1, -0.05) is 53.4 Å².